The highest BCUT2D eigenvalue weighted by Gasteiger charge is 2.37. The van der Waals surface area contributed by atoms with Gasteiger partial charge in [-0.25, -0.2) is 8.42 Å². The molecule has 0 aromatic heterocycles. The van der Waals surface area contributed by atoms with Crippen LogP contribution in [-0.4, -0.2) is 73.0 Å². The zero-order valence-corrected chi connectivity index (χ0v) is 13.8. The van der Waals surface area contributed by atoms with Gasteiger partial charge in [-0.3, -0.25) is 9.69 Å². The maximum Gasteiger partial charge on any atom is 0.234 e. The Morgan fingerprint density at radius 1 is 1.38 bits per heavy atom. The summed E-state index contributed by atoms with van der Waals surface area (Å²) >= 11 is 5.96. The summed E-state index contributed by atoms with van der Waals surface area (Å²) in [6, 6.07) is -0.521. The molecule has 0 spiro atoms. The van der Waals surface area contributed by atoms with Crippen molar-refractivity contribution in [3.8, 4) is 0 Å². The number of rotatable bonds is 5. The summed E-state index contributed by atoms with van der Waals surface area (Å²) in [4.78, 5) is 13.7. The van der Waals surface area contributed by atoms with Gasteiger partial charge in [-0.2, -0.15) is 0 Å². The first kappa shape index (κ1) is 17.0. The molecular formula is C13H23ClN2O4S. The summed E-state index contributed by atoms with van der Waals surface area (Å²) in [5.41, 5.74) is -0.694. The van der Waals surface area contributed by atoms with Crippen LogP contribution < -0.4 is 5.32 Å². The van der Waals surface area contributed by atoms with Crippen LogP contribution in [0.3, 0.4) is 0 Å². The second-order valence-electron chi connectivity index (χ2n) is 6.37. The summed E-state index contributed by atoms with van der Waals surface area (Å²) in [6.45, 7) is 0.580. The topological polar surface area (TPSA) is 86.7 Å². The van der Waals surface area contributed by atoms with Gasteiger partial charge in [-0.15, -0.1) is 11.6 Å². The molecule has 2 rings (SSSR count). The van der Waals surface area contributed by atoms with E-state index >= 15 is 0 Å². The monoisotopic (exact) mass is 338 g/mol. The molecule has 1 saturated heterocycles. The molecule has 1 amide bonds. The van der Waals surface area contributed by atoms with Crippen molar-refractivity contribution in [2.75, 3.05) is 31.6 Å². The van der Waals surface area contributed by atoms with E-state index in [0.29, 0.717) is 6.54 Å². The minimum Gasteiger partial charge on any atom is -0.389 e. The molecule has 6 nitrogen and oxygen atoms in total. The normalized spacial score (nSPS) is 30.7. The second-order valence-corrected chi connectivity index (χ2v) is 9.09. The molecule has 2 aliphatic rings. The fraction of sp³-hybridized carbons (Fsp3) is 0.923. The van der Waals surface area contributed by atoms with Gasteiger partial charge in [-0.05, 0) is 19.9 Å². The lowest BCUT2D eigenvalue weighted by molar-refractivity contribution is -0.123. The number of nitrogens with one attached hydrogen (secondary N) is 1. The average molecular weight is 339 g/mol. The molecule has 1 aliphatic carbocycles. The van der Waals surface area contributed by atoms with E-state index in [-0.39, 0.29) is 24.0 Å². The van der Waals surface area contributed by atoms with Crippen molar-refractivity contribution in [3.05, 3.63) is 0 Å². The summed E-state index contributed by atoms with van der Waals surface area (Å²) in [7, 11) is -1.37. The van der Waals surface area contributed by atoms with Crippen LogP contribution in [-0.2, 0) is 14.6 Å². The Balaban J connectivity index is 1.79. The van der Waals surface area contributed by atoms with Crippen LogP contribution in [0, 0.1) is 0 Å². The quantitative estimate of drug-likeness (QED) is 0.675. The van der Waals surface area contributed by atoms with E-state index in [1.165, 1.54) is 0 Å². The van der Waals surface area contributed by atoms with Gasteiger partial charge in [0.1, 0.15) is 0 Å². The number of amides is 1. The Kier molecular flexibility index (Phi) is 5.18. The fourth-order valence-electron chi connectivity index (χ4n) is 3.18. The molecule has 1 heterocycles. The number of carbonyl (C=O) groups is 1. The molecule has 1 saturated carbocycles. The number of hydrogen-bond donors (Lipinski definition) is 2. The van der Waals surface area contributed by atoms with E-state index in [0.717, 1.165) is 25.7 Å². The van der Waals surface area contributed by atoms with Crippen LogP contribution in [0.4, 0.5) is 0 Å². The Morgan fingerprint density at radius 2 is 2.00 bits per heavy atom. The van der Waals surface area contributed by atoms with Gasteiger partial charge in [0.2, 0.25) is 5.91 Å². The number of aliphatic hydroxyl groups is 1. The molecule has 8 heteroatoms. The molecule has 2 N–H and O–H groups in total. The Bertz CT molecular complexity index is 490. The molecule has 2 fully saturated rings. The second kappa shape index (κ2) is 6.40. The molecular weight excluding hydrogens is 316 g/mol. The number of carbonyl (C=O) groups excluding carboxylic acids is 1. The fourth-order valence-corrected chi connectivity index (χ4v) is 5.73. The van der Waals surface area contributed by atoms with Gasteiger partial charge >= 0.3 is 0 Å². The zero-order valence-electron chi connectivity index (χ0n) is 12.2. The Morgan fingerprint density at radius 3 is 2.52 bits per heavy atom. The van der Waals surface area contributed by atoms with Crippen LogP contribution in [0.1, 0.15) is 25.7 Å². The van der Waals surface area contributed by atoms with Gasteiger partial charge in [0.05, 0.1) is 35.1 Å². The van der Waals surface area contributed by atoms with Gasteiger partial charge < -0.3 is 10.4 Å². The van der Waals surface area contributed by atoms with Gasteiger partial charge in [0.25, 0.3) is 0 Å². The minimum absolute atomic E-state index is 0.0882. The first-order chi connectivity index (χ1) is 9.69. The Labute approximate surface area is 130 Å². The van der Waals surface area contributed by atoms with E-state index in [1.807, 2.05) is 0 Å². The van der Waals surface area contributed by atoms with E-state index in [4.69, 9.17) is 11.6 Å². The smallest absolute Gasteiger partial charge is 0.234 e. The molecule has 21 heavy (non-hydrogen) atoms. The number of sulfone groups is 1. The van der Waals surface area contributed by atoms with Crippen molar-refractivity contribution in [1.29, 1.82) is 0 Å². The standard InChI is InChI=1S/C13H23ClN2O4S/c1-16(9-13(18)4-2-3-5-13)6-12(17)15-11-8-21(19,20)7-10(11)14/h10-11,18H,2-9H2,1H3,(H,15,17). The predicted octanol–water partition coefficient (Wildman–Crippen LogP) is -0.256. The van der Waals surface area contributed by atoms with Crippen LogP contribution >= 0.6 is 11.6 Å². The summed E-state index contributed by atoms with van der Waals surface area (Å²) in [6.07, 6.45) is 3.57. The van der Waals surface area contributed by atoms with Crippen molar-refractivity contribution in [2.45, 2.75) is 42.7 Å². The first-order valence-corrected chi connectivity index (χ1v) is 9.50. The number of nitrogens with zero attached hydrogens (tertiary/aromatic N) is 1. The van der Waals surface area contributed by atoms with Gasteiger partial charge in [-0.1, -0.05) is 12.8 Å². The highest BCUT2D eigenvalue weighted by atomic mass is 35.5. The largest absolute Gasteiger partial charge is 0.389 e. The lowest BCUT2D eigenvalue weighted by Crippen LogP contribution is -2.47. The lowest BCUT2D eigenvalue weighted by atomic mass is 10.0. The Hall–Kier alpha value is -0.370. The maximum absolute atomic E-state index is 12.0. The maximum atomic E-state index is 12.0. The summed E-state index contributed by atoms with van der Waals surface area (Å²) < 4.78 is 22.9. The number of halogens is 1. The van der Waals surface area contributed by atoms with E-state index < -0.39 is 26.9 Å². The lowest BCUT2D eigenvalue weighted by Gasteiger charge is -2.28. The highest BCUT2D eigenvalue weighted by Crippen LogP contribution is 2.29. The van der Waals surface area contributed by atoms with Crippen LogP contribution in [0.5, 0.6) is 0 Å². The van der Waals surface area contributed by atoms with Gasteiger partial charge in [0.15, 0.2) is 9.84 Å². The third-order valence-corrected chi connectivity index (χ3v) is 6.52. The number of likely N-dealkylation sites (N-methyl/N-ethyl adjacent to an activating group) is 1. The number of hydrogen-bond acceptors (Lipinski definition) is 5. The van der Waals surface area contributed by atoms with Crippen molar-refractivity contribution in [2.24, 2.45) is 0 Å². The summed E-state index contributed by atoms with van der Waals surface area (Å²) in [5.74, 6) is -0.442. The molecule has 2 atom stereocenters. The minimum atomic E-state index is -3.15. The summed E-state index contributed by atoms with van der Waals surface area (Å²) in [5, 5.41) is 12.4. The molecule has 1 aliphatic heterocycles. The average Bonchev–Trinajstić information content (AvgIpc) is 2.82. The van der Waals surface area contributed by atoms with Crippen molar-refractivity contribution >= 4 is 27.3 Å². The van der Waals surface area contributed by atoms with Crippen molar-refractivity contribution < 1.29 is 18.3 Å². The first-order valence-electron chi connectivity index (χ1n) is 7.24. The molecule has 0 radical (unpaired) electrons. The molecule has 0 bridgehead atoms. The van der Waals surface area contributed by atoms with Gasteiger partial charge in [0, 0.05) is 6.54 Å². The molecule has 0 aromatic carbocycles. The molecule has 122 valence electrons. The zero-order chi connectivity index (χ0) is 15.7. The van der Waals surface area contributed by atoms with Crippen LogP contribution in [0.2, 0.25) is 0 Å². The van der Waals surface area contributed by atoms with E-state index in [1.54, 1.807) is 11.9 Å². The number of alkyl halides is 1. The highest BCUT2D eigenvalue weighted by molar-refractivity contribution is 7.91. The van der Waals surface area contributed by atoms with Crippen LogP contribution in [0.15, 0.2) is 0 Å². The predicted molar refractivity (Wildman–Crippen MR) is 81.1 cm³/mol. The molecule has 2 unspecified atom stereocenters. The third kappa shape index (κ3) is 4.81. The molecule has 0 aromatic rings. The van der Waals surface area contributed by atoms with Crippen LogP contribution in [0.25, 0.3) is 0 Å². The SMILES string of the molecule is CN(CC(=O)NC1CS(=O)(=O)CC1Cl)CC1(O)CCCC1. The third-order valence-electron chi connectivity index (χ3n) is 4.14. The van der Waals surface area contributed by atoms with E-state index in [2.05, 4.69) is 5.32 Å². The van der Waals surface area contributed by atoms with Crippen molar-refractivity contribution in [1.82, 2.24) is 10.2 Å². The van der Waals surface area contributed by atoms with Crippen molar-refractivity contribution in [3.63, 3.8) is 0 Å². The van der Waals surface area contributed by atoms with E-state index in [9.17, 15) is 18.3 Å².